The first kappa shape index (κ1) is 23.2. The molecule has 0 N–H and O–H groups in total. The second-order valence-corrected chi connectivity index (χ2v) is 8.05. The van der Waals surface area contributed by atoms with Crippen molar-refractivity contribution < 1.29 is 18.9 Å². The van der Waals surface area contributed by atoms with Crippen LogP contribution in [0.5, 0.6) is 23.0 Å². The molecule has 174 valence electrons. The van der Waals surface area contributed by atoms with E-state index in [1.807, 2.05) is 48.5 Å². The molecule has 0 bridgehead atoms. The van der Waals surface area contributed by atoms with Crippen LogP contribution in [0.25, 0.3) is 11.1 Å². The van der Waals surface area contributed by atoms with Gasteiger partial charge in [-0.1, -0.05) is 48.5 Å². The molecule has 0 amide bonds. The average molecular weight is 455 g/mol. The largest absolute Gasteiger partial charge is 0.496 e. The first-order valence-electron chi connectivity index (χ1n) is 11.2. The minimum absolute atomic E-state index is 0.754. The second kappa shape index (κ2) is 10.8. The van der Waals surface area contributed by atoms with Crippen molar-refractivity contribution in [3.05, 3.63) is 107 Å². The summed E-state index contributed by atoms with van der Waals surface area (Å²) >= 11 is 0. The fraction of sp³-hybridized carbons (Fsp3) is 0.200. The second-order valence-electron chi connectivity index (χ2n) is 8.05. The topological polar surface area (TPSA) is 36.9 Å². The maximum absolute atomic E-state index is 5.74. The average Bonchev–Trinajstić information content (AvgIpc) is 2.89. The summed E-state index contributed by atoms with van der Waals surface area (Å²) in [7, 11) is 6.81. The summed E-state index contributed by atoms with van der Waals surface area (Å²) in [5.41, 5.74) is 6.59. The molecule has 0 fully saturated rings. The molecular weight excluding hydrogens is 424 g/mol. The van der Waals surface area contributed by atoms with Crippen LogP contribution in [-0.4, -0.2) is 28.4 Å². The summed E-state index contributed by atoms with van der Waals surface area (Å²) in [4.78, 5) is 0. The van der Waals surface area contributed by atoms with Crippen LogP contribution < -0.4 is 18.9 Å². The van der Waals surface area contributed by atoms with Crippen molar-refractivity contribution in [3.63, 3.8) is 0 Å². The highest BCUT2D eigenvalue weighted by Gasteiger charge is 2.15. The van der Waals surface area contributed by atoms with Crippen LogP contribution in [0.4, 0.5) is 0 Å². The van der Waals surface area contributed by atoms with Crippen molar-refractivity contribution in [2.45, 2.75) is 12.8 Å². The fourth-order valence-electron chi connectivity index (χ4n) is 4.29. The Kier molecular flexibility index (Phi) is 7.38. The molecule has 0 saturated heterocycles. The number of para-hydroxylation sites is 2. The maximum atomic E-state index is 5.74. The summed E-state index contributed by atoms with van der Waals surface area (Å²) < 4.78 is 22.6. The minimum Gasteiger partial charge on any atom is -0.496 e. The van der Waals surface area contributed by atoms with Gasteiger partial charge in [0.15, 0.2) is 0 Å². The van der Waals surface area contributed by atoms with E-state index in [9.17, 15) is 0 Å². The third-order valence-corrected chi connectivity index (χ3v) is 5.99. The third kappa shape index (κ3) is 5.01. The number of methoxy groups -OCH3 is 4. The van der Waals surface area contributed by atoms with Gasteiger partial charge in [-0.2, -0.15) is 0 Å². The number of hydrogen-bond donors (Lipinski definition) is 0. The van der Waals surface area contributed by atoms with Crippen molar-refractivity contribution in [2.24, 2.45) is 0 Å². The van der Waals surface area contributed by atoms with Crippen LogP contribution in [0.15, 0.2) is 84.9 Å². The Morgan fingerprint density at radius 2 is 0.824 bits per heavy atom. The lowest BCUT2D eigenvalue weighted by atomic mass is 9.94. The van der Waals surface area contributed by atoms with Crippen LogP contribution in [0, 0.1) is 0 Å². The smallest absolute Gasteiger partial charge is 0.126 e. The quantitative estimate of drug-likeness (QED) is 0.287. The van der Waals surface area contributed by atoms with Gasteiger partial charge in [0.1, 0.15) is 23.0 Å². The van der Waals surface area contributed by atoms with Gasteiger partial charge in [0.25, 0.3) is 0 Å². The Labute approximate surface area is 201 Å². The molecule has 0 aliphatic rings. The zero-order valence-corrected chi connectivity index (χ0v) is 20.1. The van der Waals surface area contributed by atoms with Crippen LogP contribution in [0.1, 0.15) is 22.3 Å². The van der Waals surface area contributed by atoms with E-state index >= 15 is 0 Å². The standard InChI is InChI=1S/C30H30O4/c1-31-27-11-7-5-9-23(27)17-21-13-15-29(33-3)25(19-21)26-20-22(14-16-30(26)34-4)18-24-10-6-8-12-28(24)32-2/h5-16,19-20H,17-18H2,1-4H3. The Morgan fingerprint density at radius 3 is 1.21 bits per heavy atom. The van der Waals surface area contributed by atoms with Gasteiger partial charge in [0, 0.05) is 24.0 Å². The molecule has 0 unspecified atom stereocenters. The Balaban J connectivity index is 1.74. The monoisotopic (exact) mass is 454 g/mol. The molecule has 4 heteroatoms. The molecule has 0 aliphatic heterocycles. The predicted octanol–water partition coefficient (Wildman–Crippen LogP) is 6.57. The fourth-order valence-corrected chi connectivity index (χ4v) is 4.29. The van der Waals surface area contributed by atoms with Crippen LogP contribution in [0.3, 0.4) is 0 Å². The molecule has 0 spiro atoms. The van der Waals surface area contributed by atoms with Crippen LogP contribution in [0.2, 0.25) is 0 Å². The molecular formula is C30H30O4. The highest BCUT2D eigenvalue weighted by atomic mass is 16.5. The number of rotatable bonds is 9. The van der Waals surface area contributed by atoms with Gasteiger partial charge >= 0.3 is 0 Å². The Bertz CT molecular complexity index is 1160. The van der Waals surface area contributed by atoms with Gasteiger partial charge in [-0.05, 0) is 58.7 Å². The van der Waals surface area contributed by atoms with Crippen molar-refractivity contribution >= 4 is 0 Å². The lowest BCUT2D eigenvalue weighted by molar-refractivity contribution is 0.409. The lowest BCUT2D eigenvalue weighted by Gasteiger charge is -2.16. The van der Waals surface area contributed by atoms with E-state index in [4.69, 9.17) is 18.9 Å². The molecule has 0 heterocycles. The molecule has 0 saturated carbocycles. The zero-order valence-electron chi connectivity index (χ0n) is 20.1. The van der Waals surface area contributed by atoms with Crippen molar-refractivity contribution in [1.29, 1.82) is 0 Å². The number of ether oxygens (including phenoxy) is 4. The lowest BCUT2D eigenvalue weighted by Crippen LogP contribution is -1.98. The van der Waals surface area contributed by atoms with Gasteiger partial charge in [-0.3, -0.25) is 0 Å². The first-order chi connectivity index (χ1) is 16.7. The van der Waals surface area contributed by atoms with E-state index in [0.717, 1.165) is 69.2 Å². The van der Waals surface area contributed by atoms with Crippen molar-refractivity contribution in [2.75, 3.05) is 28.4 Å². The van der Waals surface area contributed by atoms with E-state index in [1.54, 1.807) is 28.4 Å². The SMILES string of the molecule is COc1ccccc1Cc1ccc(OC)c(-c2cc(Cc3ccccc3OC)ccc2OC)c1. The van der Waals surface area contributed by atoms with Gasteiger partial charge < -0.3 is 18.9 Å². The minimum atomic E-state index is 0.754. The van der Waals surface area contributed by atoms with E-state index < -0.39 is 0 Å². The molecule has 0 aliphatic carbocycles. The first-order valence-corrected chi connectivity index (χ1v) is 11.2. The predicted molar refractivity (Wildman–Crippen MR) is 137 cm³/mol. The highest BCUT2D eigenvalue weighted by molar-refractivity contribution is 5.77. The molecule has 0 radical (unpaired) electrons. The molecule has 4 rings (SSSR count). The van der Waals surface area contributed by atoms with Crippen molar-refractivity contribution in [3.8, 4) is 34.1 Å². The summed E-state index contributed by atoms with van der Waals surface area (Å²) in [5, 5.41) is 0. The van der Waals surface area contributed by atoms with Gasteiger partial charge in [0.2, 0.25) is 0 Å². The highest BCUT2D eigenvalue weighted by Crippen LogP contribution is 2.39. The van der Waals surface area contributed by atoms with E-state index in [0.29, 0.717) is 0 Å². The van der Waals surface area contributed by atoms with Crippen LogP contribution >= 0.6 is 0 Å². The molecule has 4 nitrogen and oxygen atoms in total. The van der Waals surface area contributed by atoms with Gasteiger partial charge in [0.05, 0.1) is 28.4 Å². The van der Waals surface area contributed by atoms with E-state index in [2.05, 4.69) is 36.4 Å². The molecule has 34 heavy (non-hydrogen) atoms. The summed E-state index contributed by atoms with van der Waals surface area (Å²) in [6.07, 6.45) is 1.51. The van der Waals surface area contributed by atoms with Crippen LogP contribution in [-0.2, 0) is 12.8 Å². The Morgan fingerprint density at radius 1 is 0.441 bits per heavy atom. The molecule has 0 atom stereocenters. The zero-order chi connectivity index (χ0) is 23.9. The van der Waals surface area contributed by atoms with E-state index in [-0.39, 0.29) is 0 Å². The molecule has 0 aromatic heterocycles. The summed E-state index contributed by atoms with van der Waals surface area (Å²) in [6.45, 7) is 0. The Hall–Kier alpha value is -3.92. The molecule has 4 aromatic rings. The summed E-state index contributed by atoms with van der Waals surface area (Å²) in [6, 6.07) is 28.8. The number of hydrogen-bond acceptors (Lipinski definition) is 4. The summed E-state index contributed by atoms with van der Waals surface area (Å²) in [5.74, 6) is 3.38. The van der Waals surface area contributed by atoms with E-state index in [1.165, 1.54) is 0 Å². The van der Waals surface area contributed by atoms with Gasteiger partial charge in [-0.25, -0.2) is 0 Å². The van der Waals surface area contributed by atoms with Gasteiger partial charge in [-0.15, -0.1) is 0 Å². The van der Waals surface area contributed by atoms with Crippen molar-refractivity contribution in [1.82, 2.24) is 0 Å². The third-order valence-electron chi connectivity index (χ3n) is 5.99. The number of benzene rings is 4. The molecule has 4 aromatic carbocycles. The maximum Gasteiger partial charge on any atom is 0.126 e. The normalized spacial score (nSPS) is 10.6.